The highest BCUT2D eigenvalue weighted by Crippen LogP contribution is 2.22. The molecule has 5 aromatic rings. The van der Waals surface area contributed by atoms with E-state index in [-0.39, 0.29) is 11.2 Å². The van der Waals surface area contributed by atoms with E-state index in [1.807, 2.05) is 18.2 Å². The maximum atomic E-state index is 12.8. The largest absolute Gasteiger partial charge is 0.451 e. The van der Waals surface area contributed by atoms with Gasteiger partial charge in [0.15, 0.2) is 11.2 Å². The fraction of sp³-hybridized carbons (Fsp3) is 0.0417. The summed E-state index contributed by atoms with van der Waals surface area (Å²) in [5.41, 5.74) is 2.14. The Kier molecular flexibility index (Phi) is 5.01. The number of aromatic nitrogens is 3. The summed E-state index contributed by atoms with van der Waals surface area (Å²) in [6.07, 6.45) is 3.63. The molecular weight excluding hydrogens is 408 g/mol. The molecule has 156 valence electrons. The van der Waals surface area contributed by atoms with E-state index in [1.165, 1.54) is 6.07 Å². The predicted molar refractivity (Wildman–Crippen MR) is 117 cm³/mol. The highest BCUT2D eigenvalue weighted by atomic mass is 16.5. The maximum absolute atomic E-state index is 12.8. The molecule has 8 heteroatoms. The molecule has 3 heterocycles. The average molecular weight is 424 g/mol. The van der Waals surface area contributed by atoms with Crippen molar-refractivity contribution < 1.29 is 13.7 Å². The van der Waals surface area contributed by atoms with E-state index in [1.54, 1.807) is 54.9 Å². The first-order valence-electron chi connectivity index (χ1n) is 9.82. The zero-order chi connectivity index (χ0) is 21.9. The van der Waals surface area contributed by atoms with Gasteiger partial charge in [0.05, 0.1) is 11.8 Å². The van der Waals surface area contributed by atoms with Gasteiger partial charge in [-0.05, 0) is 35.9 Å². The second-order valence-electron chi connectivity index (χ2n) is 7.01. The third kappa shape index (κ3) is 3.89. The van der Waals surface area contributed by atoms with Gasteiger partial charge >= 0.3 is 0 Å². The lowest BCUT2D eigenvalue weighted by Crippen LogP contribution is -2.16. The van der Waals surface area contributed by atoms with E-state index >= 15 is 0 Å². The molecule has 0 atom stereocenters. The number of fused-ring (bicyclic) bond motifs is 1. The number of pyridine rings is 1. The van der Waals surface area contributed by atoms with E-state index in [2.05, 4.69) is 20.4 Å². The number of nitrogens with one attached hydrogen (secondary N) is 1. The summed E-state index contributed by atoms with van der Waals surface area (Å²) in [5, 5.41) is 7.22. The van der Waals surface area contributed by atoms with Crippen LogP contribution in [0.3, 0.4) is 0 Å². The van der Waals surface area contributed by atoms with Crippen LogP contribution in [0.1, 0.15) is 22.0 Å². The zero-order valence-electron chi connectivity index (χ0n) is 16.7. The van der Waals surface area contributed by atoms with Crippen molar-refractivity contribution in [2.45, 2.75) is 6.42 Å². The normalized spacial score (nSPS) is 10.9. The van der Waals surface area contributed by atoms with Crippen molar-refractivity contribution in [3.8, 4) is 11.4 Å². The lowest BCUT2D eigenvalue weighted by molar-refractivity contribution is 0.0997. The molecule has 0 spiro atoms. The summed E-state index contributed by atoms with van der Waals surface area (Å²) in [5.74, 6) is 0.234. The number of carbonyl (C=O) groups excluding carboxylic acids is 1. The Bertz CT molecular complexity index is 1470. The van der Waals surface area contributed by atoms with Crippen molar-refractivity contribution in [2.24, 2.45) is 0 Å². The third-order valence-corrected chi connectivity index (χ3v) is 4.85. The van der Waals surface area contributed by atoms with Crippen LogP contribution < -0.4 is 10.7 Å². The summed E-state index contributed by atoms with van der Waals surface area (Å²) >= 11 is 0. The van der Waals surface area contributed by atoms with Crippen LogP contribution in [0.2, 0.25) is 0 Å². The highest BCUT2D eigenvalue weighted by molar-refractivity contribution is 6.03. The average Bonchev–Trinajstić information content (AvgIpc) is 3.29. The summed E-state index contributed by atoms with van der Waals surface area (Å²) in [6.45, 7) is 0. The molecule has 0 aliphatic rings. The van der Waals surface area contributed by atoms with Crippen LogP contribution in [0.4, 0.5) is 5.69 Å². The molecule has 0 aliphatic heterocycles. The zero-order valence-corrected chi connectivity index (χ0v) is 16.7. The van der Waals surface area contributed by atoms with Gasteiger partial charge in [0.25, 0.3) is 5.91 Å². The van der Waals surface area contributed by atoms with Crippen molar-refractivity contribution in [1.82, 2.24) is 15.1 Å². The van der Waals surface area contributed by atoms with Crippen LogP contribution in [0.25, 0.3) is 22.4 Å². The molecule has 0 aliphatic carbocycles. The number of benzene rings is 2. The second-order valence-corrected chi connectivity index (χ2v) is 7.01. The molecule has 0 fully saturated rings. The van der Waals surface area contributed by atoms with Crippen molar-refractivity contribution in [3.05, 3.63) is 107 Å². The number of amides is 1. The van der Waals surface area contributed by atoms with Crippen LogP contribution in [-0.4, -0.2) is 21.0 Å². The molecule has 32 heavy (non-hydrogen) atoms. The van der Waals surface area contributed by atoms with Gasteiger partial charge in [0.2, 0.25) is 11.7 Å². The number of hydrogen-bond acceptors (Lipinski definition) is 7. The fourth-order valence-electron chi connectivity index (χ4n) is 3.30. The van der Waals surface area contributed by atoms with Crippen molar-refractivity contribution >= 4 is 22.6 Å². The molecule has 1 amide bonds. The van der Waals surface area contributed by atoms with Crippen molar-refractivity contribution in [3.63, 3.8) is 0 Å². The van der Waals surface area contributed by atoms with E-state index < -0.39 is 5.91 Å². The smallest absolute Gasteiger partial charge is 0.291 e. The SMILES string of the molecule is O=C(Nc1ccccc1Cc1nc(-c2cccnc2)no1)c1cc(=O)c2ccccc2o1. The van der Waals surface area contributed by atoms with Gasteiger partial charge in [0, 0.05) is 29.7 Å². The molecule has 0 saturated heterocycles. The Morgan fingerprint density at radius 3 is 2.72 bits per heavy atom. The molecule has 3 aromatic heterocycles. The minimum absolute atomic E-state index is 0.0693. The lowest BCUT2D eigenvalue weighted by atomic mass is 10.1. The Morgan fingerprint density at radius 1 is 1.00 bits per heavy atom. The molecule has 2 aromatic carbocycles. The Hall–Kier alpha value is -4.59. The number of para-hydroxylation sites is 2. The Labute approximate surface area is 181 Å². The predicted octanol–water partition coefficient (Wildman–Crippen LogP) is 4.08. The molecular formula is C24H16N4O4. The fourth-order valence-corrected chi connectivity index (χ4v) is 3.30. The topological polar surface area (TPSA) is 111 Å². The summed E-state index contributed by atoms with van der Waals surface area (Å²) in [4.78, 5) is 33.6. The van der Waals surface area contributed by atoms with E-state index in [0.717, 1.165) is 11.1 Å². The minimum Gasteiger partial charge on any atom is -0.451 e. The summed E-state index contributed by atoms with van der Waals surface area (Å²) in [7, 11) is 0. The first kappa shape index (κ1) is 19.4. The van der Waals surface area contributed by atoms with Crippen LogP contribution >= 0.6 is 0 Å². The van der Waals surface area contributed by atoms with Crippen molar-refractivity contribution in [2.75, 3.05) is 5.32 Å². The van der Waals surface area contributed by atoms with Crippen LogP contribution in [0.5, 0.6) is 0 Å². The molecule has 1 N–H and O–H groups in total. The van der Waals surface area contributed by atoms with E-state index in [4.69, 9.17) is 8.94 Å². The van der Waals surface area contributed by atoms with E-state index in [0.29, 0.717) is 34.8 Å². The van der Waals surface area contributed by atoms with Gasteiger partial charge in [-0.15, -0.1) is 0 Å². The monoisotopic (exact) mass is 424 g/mol. The van der Waals surface area contributed by atoms with E-state index in [9.17, 15) is 9.59 Å². The number of hydrogen-bond donors (Lipinski definition) is 1. The quantitative estimate of drug-likeness (QED) is 0.452. The number of carbonyl (C=O) groups is 1. The van der Waals surface area contributed by atoms with Crippen LogP contribution in [0.15, 0.2) is 92.9 Å². The molecule has 0 saturated carbocycles. The van der Waals surface area contributed by atoms with Gasteiger partial charge < -0.3 is 14.3 Å². The van der Waals surface area contributed by atoms with Gasteiger partial charge in [-0.3, -0.25) is 14.6 Å². The molecule has 8 nitrogen and oxygen atoms in total. The molecule has 0 radical (unpaired) electrons. The first-order chi connectivity index (χ1) is 15.7. The van der Waals surface area contributed by atoms with Crippen LogP contribution in [0, 0.1) is 0 Å². The molecule has 0 unspecified atom stereocenters. The third-order valence-electron chi connectivity index (χ3n) is 4.85. The second kappa shape index (κ2) is 8.27. The molecule has 5 rings (SSSR count). The Morgan fingerprint density at radius 2 is 1.84 bits per heavy atom. The van der Waals surface area contributed by atoms with Gasteiger partial charge in [-0.25, -0.2) is 0 Å². The maximum Gasteiger partial charge on any atom is 0.291 e. The Balaban J connectivity index is 1.39. The number of anilines is 1. The van der Waals surface area contributed by atoms with Gasteiger partial charge in [-0.1, -0.05) is 35.5 Å². The molecule has 0 bridgehead atoms. The van der Waals surface area contributed by atoms with Crippen molar-refractivity contribution in [1.29, 1.82) is 0 Å². The summed E-state index contributed by atoms with van der Waals surface area (Å²) in [6, 6.07) is 18.9. The van der Waals surface area contributed by atoms with Crippen LogP contribution in [-0.2, 0) is 6.42 Å². The van der Waals surface area contributed by atoms with Gasteiger partial charge in [0.1, 0.15) is 5.58 Å². The lowest BCUT2D eigenvalue weighted by Gasteiger charge is -2.09. The van der Waals surface area contributed by atoms with Gasteiger partial charge in [-0.2, -0.15) is 4.98 Å². The number of rotatable bonds is 5. The highest BCUT2D eigenvalue weighted by Gasteiger charge is 2.16. The minimum atomic E-state index is -0.526. The standard InChI is InChI=1S/C24H16N4O4/c29-19-13-21(31-20-10-4-2-8-17(19)20)24(30)26-18-9-3-1-6-15(18)12-22-27-23(28-32-22)16-7-5-11-25-14-16/h1-11,13-14H,12H2,(H,26,30). The first-order valence-corrected chi connectivity index (χ1v) is 9.82. The number of nitrogens with zero attached hydrogens (tertiary/aromatic N) is 3. The summed E-state index contributed by atoms with van der Waals surface area (Å²) < 4.78 is 11.0.